The summed E-state index contributed by atoms with van der Waals surface area (Å²) in [6, 6.07) is 7.20. The highest BCUT2D eigenvalue weighted by molar-refractivity contribution is 7.99. The van der Waals surface area contributed by atoms with Gasteiger partial charge in [-0.1, -0.05) is 23.9 Å². The highest BCUT2D eigenvalue weighted by atomic mass is 32.2. The van der Waals surface area contributed by atoms with Gasteiger partial charge >= 0.3 is 5.97 Å². The van der Waals surface area contributed by atoms with Gasteiger partial charge < -0.3 is 10.1 Å². The molecule has 0 aliphatic heterocycles. The molecule has 9 heteroatoms. The minimum absolute atomic E-state index is 0.0790. The Kier molecular flexibility index (Phi) is 6.95. The number of fused-ring (bicyclic) bond motifs is 2. The summed E-state index contributed by atoms with van der Waals surface area (Å²) in [6.07, 6.45) is 3.86. The zero-order valence-corrected chi connectivity index (χ0v) is 19.7. The molecule has 1 aliphatic rings. The fourth-order valence-corrected chi connectivity index (χ4v) is 6.06. The van der Waals surface area contributed by atoms with Crippen molar-refractivity contribution in [3.05, 3.63) is 50.6 Å². The van der Waals surface area contributed by atoms with Crippen LogP contribution in [0.1, 0.15) is 47.5 Å². The van der Waals surface area contributed by atoms with Crippen molar-refractivity contribution in [2.45, 2.75) is 51.2 Å². The molecule has 0 saturated heterocycles. The van der Waals surface area contributed by atoms with Gasteiger partial charge in [-0.15, -0.1) is 11.3 Å². The Morgan fingerprint density at radius 3 is 2.78 bits per heavy atom. The predicted octanol–water partition coefficient (Wildman–Crippen LogP) is 4.26. The van der Waals surface area contributed by atoms with Gasteiger partial charge in [-0.25, -0.2) is 9.78 Å². The maximum Gasteiger partial charge on any atom is 0.341 e. The van der Waals surface area contributed by atoms with Crippen molar-refractivity contribution in [1.29, 1.82) is 0 Å². The number of aromatic nitrogens is 2. The molecule has 3 aromatic rings. The lowest BCUT2D eigenvalue weighted by molar-refractivity contribution is -0.113. The van der Waals surface area contributed by atoms with Crippen LogP contribution in [0.3, 0.4) is 0 Å². The van der Waals surface area contributed by atoms with Crippen LogP contribution in [-0.4, -0.2) is 33.8 Å². The Morgan fingerprint density at radius 1 is 1.22 bits per heavy atom. The van der Waals surface area contributed by atoms with Crippen molar-refractivity contribution >= 4 is 50.9 Å². The molecule has 0 bridgehead atoms. The highest BCUT2D eigenvalue weighted by Gasteiger charge is 2.27. The minimum Gasteiger partial charge on any atom is -0.462 e. The zero-order valence-electron chi connectivity index (χ0n) is 18.1. The topological polar surface area (TPSA) is 90.3 Å². The second kappa shape index (κ2) is 9.87. The van der Waals surface area contributed by atoms with E-state index < -0.39 is 0 Å². The first-order valence-corrected chi connectivity index (χ1v) is 12.6. The number of para-hydroxylation sites is 1. The van der Waals surface area contributed by atoms with Crippen LogP contribution in [0.2, 0.25) is 0 Å². The molecule has 0 radical (unpaired) electrons. The average Bonchev–Trinajstić information content (AvgIpc) is 3.15. The van der Waals surface area contributed by atoms with E-state index in [-0.39, 0.29) is 29.8 Å². The van der Waals surface area contributed by atoms with E-state index in [0.717, 1.165) is 36.1 Å². The van der Waals surface area contributed by atoms with E-state index in [0.29, 0.717) is 33.2 Å². The Labute approximate surface area is 194 Å². The normalized spacial score (nSPS) is 13.1. The van der Waals surface area contributed by atoms with E-state index in [4.69, 9.17) is 4.74 Å². The van der Waals surface area contributed by atoms with E-state index in [9.17, 15) is 14.4 Å². The fourth-order valence-electron chi connectivity index (χ4n) is 3.90. The van der Waals surface area contributed by atoms with Crippen LogP contribution in [-0.2, 0) is 28.9 Å². The minimum atomic E-state index is -0.383. The summed E-state index contributed by atoms with van der Waals surface area (Å²) < 4.78 is 6.83. The molecule has 2 aromatic heterocycles. The third-order valence-corrected chi connectivity index (χ3v) is 7.56. The smallest absolute Gasteiger partial charge is 0.341 e. The number of hydrogen-bond donors (Lipinski definition) is 1. The number of thioether (sulfide) groups is 1. The van der Waals surface area contributed by atoms with E-state index in [1.165, 1.54) is 23.1 Å². The lowest BCUT2D eigenvalue weighted by atomic mass is 9.95. The maximum atomic E-state index is 12.8. The van der Waals surface area contributed by atoms with E-state index in [2.05, 4.69) is 10.3 Å². The summed E-state index contributed by atoms with van der Waals surface area (Å²) in [5, 5.41) is 4.53. The van der Waals surface area contributed by atoms with Gasteiger partial charge in [-0.2, -0.15) is 0 Å². The first kappa shape index (κ1) is 22.5. The number of aryl methyl sites for hydroxylation is 1. The number of rotatable bonds is 7. The molecule has 1 aromatic carbocycles. The molecular weight excluding hydrogens is 446 g/mol. The number of carbonyl (C=O) groups excluding carboxylic acids is 2. The summed E-state index contributed by atoms with van der Waals surface area (Å²) in [7, 11) is 0. The Hall–Kier alpha value is -2.65. The third kappa shape index (κ3) is 4.45. The molecule has 0 unspecified atom stereocenters. The van der Waals surface area contributed by atoms with Crippen molar-refractivity contribution in [1.82, 2.24) is 9.55 Å². The number of anilines is 1. The van der Waals surface area contributed by atoms with Crippen LogP contribution in [0.4, 0.5) is 5.00 Å². The van der Waals surface area contributed by atoms with Gasteiger partial charge in [0.25, 0.3) is 5.56 Å². The van der Waals surface area contributed by atoms with Gasteiger partial charge in [0.15, 0.2) is 5.16 Å². The quantitative estimate of drug-likeness (QED) is 0.315. The first-order chi connectivity index (χ1) is 15.5. The Bertz CT molecular complexity index is 1230. The van der Waals surface area contributed by atoms with Gasteiger partial charge in [-0.3, -0.25) is 14.2 Å². The molecule has 0 saturated carbocycles. The molecule has 168 valence electrons. The molecule has 1 amide bonds. The molecule has 0 atom stereocenters. The highest BCUT2D eigenvalue weighted by Crippen LogP contribution is 2.38. The average molecular weight is 472 g/mol. The van der Waals surface area contributed by atoms with Gasteiger partial charge in [-0.05, 0) is 57.2 Å². The van der Waals surface area contributed by atoms with Gasteiger partial charge in [0.2, 0.25) is 5.91 Å². The lowest BCUT2D eigenvalue weighted by Crippen LogP contribution is -2.23. The van der Waals surface area contributed by atoms with Crippen molar-refractivity contribution < 1.29 is 14.3 Å². The molecule has 32 heavy (non-hydrogen) atoms. The maximum absolute atomic E-state index is 12.8. The monoisotopic (exact) mass is 471 g/mol. The third-order valence-electron chi connectivity index (χ3n) is 5.38. The molecule has 0 fully saturated rings. The number of benzene rings is 1. The van der Waals surface area contributed by atoms with Crippen LogP contribution < -0.4 is 10.9 Å². The number of amides is 1. The number of hydrogen-bond acceptors (Lipinski definition) is 7. The van der Waals surface area contributed by atoms with Crippen molar-refractivity contribution in [2.24, 2.45) is 0 Å². The number of ether oxygens (including phenoxy) is 1. The number of nitrogens with zero attached hydrogens (tertiary/aromatic N) is 2. The van der Waals surface area contributed by atoms with Crippen LogP contribution in [0.5, 0.6) is 0 Å². The second-order valence-electron chi connectivity index (χ2n) is 7.43. The van der Waals surface area contributed by atoms with E-state index >= 15 is 0 Å². The molecule has 1 N–H and O–H groups in total. The van der Waals surface area contributed by atoms with Crippen LogP contribution >= 0.6 is 23.1 Å². The van der Waals surface area contributed by atoms with Gasteiger partial charge in [0.05, 0.1) is 28.8 Å². The number of nitrogens with one attached hydrogen (secondary N) is 1. The number of carbonyl (C=O) groups is 2. The predicted molar refractivity (Wildman–Crippen MR) is 128 cm³/mol. The molecule has 2 heterocycles. The molecular formula is C23H25N3O4S2. The SMILES string of the molecule is CCOC(=O)c1c(NC(=O)CSc2nc3ccccc3c(=O)n2CC)sc2c1CCCC2. The van der Waals surface area contributed by atoms with Crippen molar-refractivity contribution in [2.75, 3.05) is 17.7 Å². The summed E-state index contributed by atoms with van der Waals surface area (Å²) in [5.41, 5.74) is 2.01. The number of esters is 1. The molecule has 7 nitrogen and oxygen atoms in total. The standard InChI is InChI=1S/C23H25N3O4S2/c1-3-26-21(28)14-9-5-7-11-16(14)24-23(26)31-13-18(27)25-20-19(22(29)30-4-2)15-10-6-8-12-17(15)32-20/h5,7,9,11H,3-4,6,8,10,12-13H2,1-2H3,(H,25,27). The summed E-state index contributed by atoms with van der Waals surface area (Å²) in [5.74, 6) is -0.551. The molecule has 4 rings (SSSR count). The lowest BCUT2D eigenvalue weighted by Gasteiger charge is -2.12. The van der Waals surface area contributed by atoms with Crippen LogP contribution in [0, 0.1) is 0 Å². The Morgan fingerprint density at radius 2 is 2.00 bits per heavy atom. The summed E-state index contributed by atoms with van der Waals surface area (Å²) in [4.78, 5) is 43.9. The largest absolute Gasteiger partial charge is 0.462 e. The Balaban J connectivity index is 1.55. The van der Waals surface area contributed by atoms with E-state index in [1.54, 1.807) is 23.6 Å². The van der Waals surface area contributed by atoms with Crippen LogP contribution in [0.25, 0.3) is 10.9 Å². The summed E-state index contributed by atoms with van der Waals surface area (Å²) >= 11 is 2.68. The van der Waals surface area contributed by atoms with E-state index in [1.807, 2.05) is 19.1 Å². The zero-order chi connectivity index (χ0) is 22.7. The van der Waals surface area contributed by atoms with Crippen LogP contribution in [0.15, 0.2) is 34.2 Å². The number of thiophene rings is 1. The second-order valence-corrected chi connectivity index (χ2v) is 9.48. The summed E-state index contributed by atoms with van der Waals surface area (Å²) in [6.45, 7) is 4.40. The first-order valence-electron chi connectivity index (χ1n) is 10.8. The fraction of sp³-hybridized carbons (Fsp3) is 0.391. The van der Waals surface area contributed by atoms with Crippen molar-refractivity contribution in [3.8, 4) is 0 Å². The van der Waals surface area contributed by atoms with Gasteiger partial charge in [0, 0.05) is 11.4 Å². The molecule has 0 spiro atoms. The van der Waals surface area contributed by atoms with Gasteiger partial charge in [0.1, 0.15) is 5.00 Å². The molecule has 1 aliphatic carbocycles. The van der Waals surface area contributed by atoms with Crippen molar-refractivity contribution in [3.63, 3.8) is 0 Å².